The monoisotopic (exact) mass is 1090 g/mol. The Hall–Kier alpha value is -6.22. The van der Waals surface area contributed by atoms with Gasteiger partial charge in [0.15, 0.2) is 0 Å². The molecule has 4 N–H and O–H groups in total. The van der Waals surface area contributed by atoms with E-state index in [1.807, 2.05) is 130 Å². The molecule has 8 rings (SSSR count). The molecule has 2 aliphatic carbocycles. The molecule has 80 heavy (non-hydrogen) atoms. The molecule has 4 fully saturated rings. The third kappa shape index (κ3) is 15.6. The minimum absolute atomic E-state index is 0.00467. The Morgan fingerprint density at radius 1 is 0.588 bits per heavy atom. The van der Waals surface area contributed by atoms with Crippen molar-refractivity contribution in [3.05, 3.63) is 131 Å². The number of likely N-dealkylation sites (tertiary alicyclic amines) is 2. The Morgan fingerprint density at radius 2 is 1.02 bits per heavy atom. The summed E-state index contributed by atoms with van der Waals surface area (Å²) >= 11 is 0. The second-order valence-corrected chi connectivity index (χ2v) is 23.6. The molecule has 0 radical (unpaired) electrons. The summed E-state index contributed by atoms with van der Waals surface area (Å²) in [5.41, 5.74) is 4.82. The summed E-state index contributed by atoms with van der Waals surface area (Å²) in [6, 6.07) is 32.9. The zero-order valence-electron chi connectivity index (χ0n) is 47.9. The molecule has 8 atom stereocenters. The number of ketones is 1. The highest BCUT2D eigenvalue weighted by Crippen LogP contribution is 2.36. The van der Waals surface area contributed by atoms with Crippen LogP contribution in [0.4, 0.5) is 0 Å². The van der Waals surface area contributed by atoms with Crippen LogP contribution in [0.1, 0.15) is 143 Å². The normalized spacial score (nSPS) is 21.3. The number of amides is 5. The molecular weight excluding hydrogens is 1000 g/mol. The van der Waals surface area contributed by atoms with Gasteiger partial charge < -0.3 is 40.4 Å². The SMILES string of the molecule is CC[C@@H](C)C(=O)N[C@H](C(=O)N1C[C@@H](O)C[C@H]1CN(CCc1ccccc1)C(=O)c1ccc(-c2ccc(C(=O)N(CCc3ccccc3)C[C@@H]3C[C@H](O)CN3C(=O)[C@@H](CC(=O)[C@H](C)NC)C3CCCCC3)cc2)cc1)C1CCCCC1. The van der Waals surface area contributed by atoms with Gasteiger partial charge in [-0.2, -0.15) is 0 Å². The van der Waals surface area contributed by atoms with Gasteiger partial charge in [-0.3, -0.25) is 28.8 Å². The van der Waals surface area contributed by atoms with Crippen LogP contribution in [0.3, 0.4) is 0 Å². The molecule has 0 bridgehead atoms. The first-order valence-corrected chi connectivity index (χ1v) is 30.1. The van der Waals surface area contributed by atoms with E-state index in [9.17, 15) is 39.0 Å². The second-order valence-electron chi connectivity index (χ2n) is 23.6. The predicted octanol–water partition coefficient (Wildman–Crippen LogP) is 8.52. The average Bonchev–Trinajstić information content (AvgIpc) is 4.07. The van der Waals surface area contributed by atoms with Crippen LogP contribution in [0.15, 0.2) is 109 Å². The first-order chi connectivity index (χ1) is 38.7. The first-order valence-electron chi connectivity index (χ1n) is 30.1. The van der Waals surface area contributed by atoms with Gasteiger partial charge in [0.05, 0.1) is 30.3 Å². The molecule has 2 aliphatic heterocycles. The number of aliphatic hydroxyl groups excluding tert-OH is 2. The molecule has 430 valence electrons. The second kappa shape index (κ2) is 29.0. The number of carbonyl (C=O) groups is 6. The van der Waals surface area contributed by atoms with Crippen molar-refractivity contribution in [2.45, 2.75) is 160 Å². The maximum Gasteiger partial charge on any atom is 0.253 e. The molecule has 0 spiro atoms. The van der Waals surface area contributed by atoms with Crippen molar-refractivity contribution in [3.63, 3.8) is 0 Å². The number of carbonyl (C=O) groups excluding carboxylic acids is 6. The quantitative estimate of drug-likeness (QED) is 0.0535. The zero-order valence-corrected chi connectivity index (χ0v) is 47.9. The zero-order chi connectivity index (χ0) is 56.7. The molecule has 4 aromatic rings. The van der Waals surface area contributed by atoms with Crippen LogP contribution in [0.2, 0.25) is 0 Å². The highest BCUT2D eigenvalue weighted by Gasteiger charge is 2.44. The van der Waals surface area contributed by atoms with Gasteiger partial charge in [0.25, 0.3) is 11.8 Å². The van der Waals surface area contributed by atoms with Crippen LogP contribution in [0.5, 0.6) is 0 Å². The minimum atomic E-state index is -0.756. The fourth-order valence-corrected chi connectivity index (χ4v) is 12.8. The van der Waals surface area contributed by atoms with Crippen LogP contribution in [-0.2, 0) is 32.0 Å². The Labute approximate surface area is 475 Å². The van der Waals surface area contributed by atoms with E-state index >= 15 is 0 Å². The van der Waals surface area contributed by atoms with Crippen LogP contribution in [0.25, 0.3) is 11.1 Å². The number of rotatable bonds is 24. The van der Waals surface area contributed by atoms with Gasteiger partial charge in [0.2, 0.25) is 17.7 Å². The van der Waals surface area contributed by atoms with Gasteiger partial charge in [-0.1, -0.05) is 137 Å². The summed E-state index contributed by atoms with van der Waals surface area (Å²) in [5.74, 6) is -1.40. The number of likely N-dealkylation sites (N-methyl/N-ethyl adjacent to an activating group) is 1. The van der Waals surface area contributed by atoms with E-state index < -0.39 is 36.3 Å². The summed E-state index contributed by atoms with van der Waals surface area (Å²) in [5, 5.41) is 28.5. The van der Waals surface area contributed by atoms with E-state index in [1.54, 1.807) is 26.6 Å². The molecule has 2 saturated heterocycles. The van der Waals surface area contributed by atoms with E-state index in [-0.39, 0.29) is 91.7 Å². The highest BCUT2D eigenvalue weighted by molar-refractivity contribution is 5.96. The van der Waals surface area contributed by atoms with Crippen molar-refractivity contribution in [1.29, 1.82) is 0 Å². The van der Waals surface area contributed by atoms with E-state index in [1.165, 1.54) is 0 Å². The molecule has 4 aromatic carbocycles. The van der Waals surface area contributed by atoms with Gasteiger partial charge in [-0.05, 0) is 130 Å². The number of Topliss-reactive ketones (excluding diaryl/α,β-unsaturated/α-hetero) is 1. The van der Waals surface area contributed by atoms with Crippen molar-refractivity contribution in [2.24, 2.45) is 23.7 Å². The van der Waals surface area contributed by atoms with E-state index in [2.05, 4.69) is 10.6 Å². The van der Waals surface area contributed by atoms with Crippen LogP contribution in [0, 0.1) is 23.7 Å². The Bertz CT molecular complexity index is 2480. The number of hydrogen-bond donors (Lipinski definition) is 4. The fourth-order valence-electron chi connectivity index (χ4n) is 12.8. The smallest absolute Gasteiger partial charge is 0.253 e. The Morgan fingerprint density at radius 3 is 1.46 bits per heavy atom. The summed E-state index contributed by atoms with van der Waals surface area (Å²) in [7, 11) is 1.75. The van der Waals surface area contributed by atoms with E-state index in [0.29, 0.717) is 56.3 Å². The van der Waals surface area contributed by atoms with E-state index in [4.69, 9.17) is 0 Å². The minimum Gasteiger partial charge on any atom is -0.391 e. The molecule has 2 heterocycles. The number of β-amino-alcohol motifs (C(OH)–C–C–N with tert-alkyl or cyclic N) is 2. The van der Waals surface area contributed by atoms with Crippen molar-refractivity contribution in [3.8, 4) is 11.1 Å². The summed E-state index contributed by atoms with van der Waals surface area (Å²) in [6.45, 7) is 7.22. The molecule has 0 aromatic heterocycles. The maximum absolute atomic E-state index is 14.7. The van der Waals surface area contributed by atoms with E-state index in [0.717, 1.165) is 86.5 Å². The fraction of sp³-hybridized carbons (Fsp3) is 0.545. The third-order valence-corrected chi connectivity index (χ3v) is 18.0. The van der Waals surface area contributed by atoms with Gasteiger partial charge in [0, 0.05) is 68.7 Å². The van der Waals surface area contributed by atoms with Gasteiger partial charge in [-0.15, -0.1) is 0 Å². The van der Waals surface area contributed by atoms with Crippen molar-refractivity contribution >= 4 is 35.3 Å². The molecule has 14 heteroatoms. The molecule has 14 nitrogen and oxygen atoms in total. The summed E-state index contributed by atoms with van der Waals surface area (Å²) in [6.07, 6.45) is 10.9. The van der Waals surface area contributed by atoms with Crippen molar-refractivity contribution < 1.29 is 39.0 Å². The molecule has 4 aliphatic rings. The summed E-state index contributed by atoms with van der Waals surface area (Å²) in [4.78, 5) is 92.6. The standard InChI is InChI=1S/C66H88N6O8/c1-5-45(2)62(76)68-61(52-24-16-9-17-25-52)66(80)72-44-58(74)39-56(72)42-70(37-35-48-20-12-7-13-21-48)64(78)54-32-28-50(29-33-54)49-26-30-53(31-27-49)63(77)69(36-34-47-18-10-6-11-19-47)41-55-38-57(73)43-71(55)65(79)59(40-60(75)46(3)67-4)51-22-14-8-15-23-51/h6-7,10-13,18-21,26-33,45-46,51-52,55-59,61,67,73-74H,5,8-9,14-17,22-25,34-44H2,1-4H3,(H,68,76)/t45-,46+,55+,56+,57+,58+,59+,61+/m1/s1. The number of benzene rings is 4. The largest absolute Gasteiger partial charge is 0.391 e. The van der Waals surface area contributed by atoms with Gasteiger partial charge in [-0.25, -0.2) is 0 Å². The lowest BCUT2D eigenvalue weighted by Gasteiger charge is -2.36. The first kappa shape index (κ1) is 59.9. The van der Waals surface area contributed by atoms with Gasteiger partial charge in [0.1, 0.15) is 11.8 Å². The number of nitrogens with zero attached hydrogens (tertiary/aromatic N) is 4. The van der Waals surface area contributed by atoms with Crippen LogP contribution >= 0.6 is 0 Å². The predicted molar refractivity (Wildman–Crippen MR) is 312 cm³/mol. The van der Waals surface area contributed by atoms with Crippen molar-refractivity contribution in [2.75, 3.05) is 46.3 Å². The molecule has 0 unspecified atom stereocenters. The maximum atomic E-state index is 14.7. The molecule has 2 saturated carbocycles. The number of hydrogen-bond acceptors (Lipinski definition) is 9. The summed E-state index contributed by atoms with van der Waals surface area (Å²) < 4.78 is 0. The Balaban J connectivity index is 0.986. The average molecular weight is 1090 g/mol. The lowest BCUT2D eigenvalue weighted by Crippen LogP contribution is -2.56. The molecular formula is C66H88N6O8. The Kier molecular flexibility index (Phi) is 21.7. The van der Waals surface area contributed by atoms with Crippen LogP contribution in [-0.4, -0.2) is 148 Å². The van der Waals surface area contributed by atoms with Crippen LogP contribution < -0.4 is 10.6 Å². The number of aliphatic hydroxyl groups is 2. The van der Waals surface area contributed by atoms with Gasteiger partial charge >= 0.3 is 0 Å². The number of nitrogens with one attached hydrogen (secondary N) is 2. The molecule has 5 amide bonds. The topological polar surface area (TPSA) is 180 Å². The lowest BCUT2D eigenvalue weighted by atomic mass is 9.76. The highest BCUT2D eigenvalue weighted by atomic mass is 16.3. The third-order valence-electron chi connectivity index (χ3n) is 18.0. The lowest BCUT2D eigenvalue weighted by molar-refractivity contribution is -0.142. The van der Waals surface area contributed by atoms with Crippen molar-refractivity contribution in [1.82, 2.24) is 30.2 Å².